The maximum absolute atomic E-state index is 6.89. The number of hydrogen-bond acceptors (Lipinski definition) is 3. The normalized spacial score (nSPS) is 11.4. The number of benzene rings is 12. The molecule has 13 rings (SSSR count). The summed E-state index contributed by atoms with van der Waals surface area (Å²) < 4.78 is 6.89. The molecule has 3 heteroatoms. The molecule has 0 saturated carbocycles. The summed E-state index contributed by atoms with van der Waals surface area (Å²) in [4.78, 5) is 4.83. The van der Waals surface area contributed by atoms with E-state index < -0.39 is 0 Å². The first-order valence-electron chi connectivity index (χ1n) is 24.2. The van der Waals surface area contributed by atoms with Gasteiger partial charge in [0.05, 0.1) is 22.7 Å². The number of fused-ring (bicyclic) bond motifs is 5. The molecule has 0 unspecified atom stereocenters. The predicted molar refractivity (Wildman–Crippen MR) is 300 cm³/mol. The van der Waals surface area contributed by atoms with Crippen LogP contribution in [0.25, 0.3) is 88.0 Å². The Morgan fingerprint density at radius 2 is 0.507 bits per heavy atom. The van der Waals surface area contributed by atoms with Crippen LogP contribution >= 0.6 is 0 Å². The van der Waals surface area contributed by atoms with Crippen LogP contribution in [0.4, 0.5) is 34.1 Å². The molecule has 0 saturated heterocycles. The zero-order valence-corrected chi connectivity index (χ0v) is 38.9. The molecule has 0 radical (unpaired) electrons. The second-order valence-corrected chi connectivity index (χ2v) is 18.1. The van der Waals surface area contributed by atoms with Crippen LogP contribution in [0.5, 0.6) is 0 Å². The van der Waals surface area contributed by atoms with Crippen LogP contribution in [0.2, 0.25) is 0 Å². The zero-order valence-electron chi connectivity index (χ0n) is 38.9. The van der Waals surface area contributed by atoms with E-state index in [0.717, 1.165) is 122 Å². The van der Waals surface area contributed by atoms with Crippen molar-refractivity contribution in [3.05, 3.63) is 279 Å². The summed E-state index contributed by atoms with van der Waals surface area (Å²) in [5, 5.41) is 6.70. The third kappa shape index (κ3) is 7.67. The van der Waals surface area contributed by atoms with Gasteiger partial charge in [0.1, 0.15) is 11.2 Å². The van der Waals surface area contributed by atoms with Crippen molar-refractivity contribution in [1.29, 1.82) is 0 Å². The summed E-state index contributed by atoms with van der Waals surface area (Å²) in [6.07, 6.45) is 0. The molecule has 71 heavy (non-hydrogen) atoms. The van der Waals surface area contributed by atoms with Crippen LogP contribution in [-0.2, 0) is 0 Å². The summed E-state index contributed by atoms with van der Waals surface area (Å²) in [6.45, 7) is 0. The Bertz CT molecular complexity index is 3620. The molecule has 0 spiro atoms. The van der Waals surface area contributed by atoms with Gasteiger partial charge in [-0.3, -0.25) is 0 Å². The lowest BCUT2D eigenvalue weighted by atomic mass is 9.98. The van der Waals surface area contributed by atoms with Crippen molar-refractivity contribution in [1.82, 2.24) is 0 Å². The third-order valence-corrected chi connectivity index (χ3v) is 13.8. The van der Waals surface area contributed by atoms with E-state index >= 15 is 0 Å². The van der Waals surface area contributed by atoms with Gasteiger partial charge in [0.25, 0.3) is 0 Å². The monoisotopic (exact) mass is 906 g/mol. The highest BCUT2D eigenvalue weighted by Gasteiger charge is 2.23. The Morgan fingerprint density at radius 3 is 0.817 bits per heavy atom. The molecule has 12 aromatic carbocycles. The van der Waals surface area contributed by atoms with Gasteiger partial charge in [0.15, 0.2) is 0 Å². The second kappa shape index (κ2) is 17.9. The maximum Gasteiger partial charge on any atom is 0.136 e. The van der Waals surface area contributed by atoms with E-state index in [2.05, 4.69) is 289 Å². The lowest BCUT2D eigenvalue weighted by Crippen LogP contribution is -2.12. The van der Waals surface area contributed by atoms with Crippen LogP contribution in [-0.4, -0.2) is 0 Å². The minimum atomic E-state index is 0.858. The standard InChI is InChI=1S/C68H46N2O/c1-5-21-47(22-6-1)57-29-13-17-33-63(57)69(64-34-18-14-30-58(64)48-23-7-2-8-24-48)55-39-37-51-43-61-62-44-52-38-40-56(42-54(52)46-68(62)71-67(61)45-53(51)41-55)70(65-35-19-15-31-59(65)49-25-9-3-10-26-49)66-36-20-16-32-60(66)50-27-11-4-12-28-50/h1-46H. The van der Waals surface area contributed by atoms with Crippen molar-refractivity contribution in [2.75, 3.05) is 9.80 Å². The highest BCUT2D eigenvalue weighted by molar-refractivity contribution is 6.14. The van der Waals surface area contributed by atoms with Gasteiger partial charge in [0.2, 0.25) is 0 Å². The van der Waals surface area contributed by atoms with E-state index in [0.29, 0.717) is 0 Å². The van der Waals surface area contributed by atoms with Gasteiger partial charge >= 0.3 is 0 Å². The number of para-hydroxylation sites is 4. The number of rotatable bonds is 10. The highest BCUT2D eigenvalue weighted by Crippen LogP contribution is 2.48. The summed E-state index contributed by atoms with van der Waals surface area (Å²) in [6, 6.07) is 100. The zero-order chi connectivity index (χ0) is 47.1. The third-order valence-electron chi connectivity index (χ3n) is 13.8. The molecule has 0 N–H and O–H groups in total. The lowest BCUT2D eigenvalue weighted by Gasteiger charge is -2.30. The molecule has 0 aliphatic carbocycles. The fraction of sp³-hybridized carbons (Fsp3) is 0. The number of nitrogens with zero attached hydrogens (tertiary/aromatic N) is 2. The molecule has 1 heterocycles. The molecule has 334 valence electrons. The Hall–Kier alpha value is -9.44. The molecule has 0 fully saturated rings. The van der Waals surface area contributed by atoms with E-state index in [9.17, 15) is 0 Å². The largest absolute Gasteiger partial charge is 0.456 e. The van der Waals surface area contributed by atoms with Crippen molar-refractivity contribution in [2.24, 2.45) is 0 Å². The van der Waals surface area contributed by atoms with Crippen LogP contribution in [0, 0.1) is 0 Å². The number of furan rings is 1. The average Bonchev–Trinajstić information content (AvgIpc) is 3.79. The topological polar surface area (TPSA) is 19.6 Å². The molecule has 1 aromatic heterocycles. The smallest absolute Gasteiger partial charge is 0.136 e. The fourth-order valence-corrected chi connectivity index (χ4v) is 10.5. The second-order valence-electron chi connectivity index (χ2n) is 18.1. The van der Waals surface area contributed by atoms with Gasteiger partial charge in [-0.1, -0.05) is 206 Å². The van der Waals surface area contributed by atoms with Gasteiger partial charge in [0, 0.05) is 44.4 Å². The molecular formula is C68H46N2O. The minimum absolute atomic E-state index is 0.858. The first kappa shape index (κ1) is 41.7. The Balaban J connectivity index is 0.954. The van der Waals surface area contributed by atoms with Crippen LogP contribution in [0.1, 0.15) is 0 Å². The first-order valence-corrected chi connectivity index (χ1v) is 24.2. The molecular weight excluding hydrogens is 861 g/mol. The molecule has 3 nitrogen and oxygen atoms in total. The van der Waals surface area contributed by atoms with Crippen molar-refractivity contribution in [3.63, 3.8) is 0 Å². The van der Waals surface area contributed by atoms with Crippen LogP contribution < -0.4 is 9.80 Å². The maximum atomic E-state index is 6.89. The molecule has 0 bridgehead atoms. The molecule has 0 aliphatic rings. The van der Waals surface area contributed by atoms with E-state index in [1.165, 1.54) is 0 Å². The predicted octanol–water partition coefficient (Wildman–Crippen LogP) is 19.5. The summed E-state index contributed by atoms with van der Waals surface area (Å²) in [5.41, 5.74) is 17.5. The lowest BCUT2D eigenvalue weighted by molar-refractivity contribution is 0.670. The summed E-state index contributed by atoms with van der Waals surface area (Å²) in [7, 11) is 0. The number of anilines is 6. The SMILES string of the molecule is c1ccc(-c2ccccc2N(c2ccc3cc4c(cc3c2)oc2cc3cc(N(c5ccccc5-c5ccccc5)c5ccccc5-c5ccccc5)ccc3cc24)c2ccccc2-c2ccccc2)cc1. The van der Waals surface area contributed by atoms with Gasteiger partial charge in [-0.05, 0) is 117 Å². The van der Waals surface area contributed by atoms with Gasteiger partial charge in [-0.2, -0.15) is 0 Å². The molecule has 13 aromatic rings. The van der Waals surface area contributed by atoms with E-state index in [4.69, 9.17) is 4.42 Å². The fourth-order valence-electron chi connectivity index (χ4n) is 10.5. The Kier molecular flexibility index (Phi) is 10.5. The van der Waals surface area contributed by atoms with E-state index in [1.807, 2.05) is 0 Å². The van der Waals surface area contributed by atoms with Crippen LogP contribution in [0.15, 0.2) is 283 Å². The van der Waals surface area contributed by atoms with E-state index in [1.54, 1.807) is 0 Å². The van der Waals surface area contributed by atoms with E-state index in [-0.39, 0.29) is 0 Å². The van der Waals surface area contributed by atoms with Crippen molar-refractivity contribution in [3.8, 4) is 44.5 Å². The molecule has 0 amide bonds. The number of hydrogen-bond donors (Lipinski definition) is 0. The van der Waals surface area contributed by atoms with Gasteiger partial charge in [-0.25, -0.2) is 0 Å². The summed E-state index contributed by atoms with van der Waals surface area (Å²) >= 11 is 0. The molecule has 0 aliphatic heterocycles. The quantitative estimate of drug-likeness (QED) is 0.136. The Labute approximate surface area is 413 Å². The molecule has 0 atom stereocenters. The van der Waals surface area contributed by atoms with Crippen molar-refractivity contribution < 1.29 is 4.42 Å². The Morgan fingerprint density at radius 1 is 0.225 bits per heavy atom. The van der Waals surface area contributed by atoms with Crippen molar-refractivity contribution >= 4 is 77.6 Å². The van der Waals surface area contributed by atoms with Gasteiger partial charge in [-0.15, -0.1) is 0 Å². The van der Waals surface area contributed by atoms with Gasteiger partial charge < -0.3 is 14.2 Å². The summed E-state index contributed by atoms with van der Waals surface area (Å²) in [5.74, 6) is 0. The van der Waals surface area contributed by atoms with Crippen LogP contribution in [0.3, 0.4) is 0 Å². The average molecular weight is 907 g/mol. The van der Waals surface area contributed by atoms with Crippen molar-refractivity contribution in [2.45, 2.75) is 0 Å². The minimum Gasteiger partial charge on any atom is -0.456 e. The first-order chi connectivity index (χ1) is 35.2. The highest BCUT2D eigenvalue weighted by atomic mass is 16.3.